The van der Waals surface area contributed by atoms with Gasteiger partial charge in [0.15, 0.2) is 11.5 Å². The van der Waals surface area contributed by atoms with Crippen LogP contribution in [0, 0.1) is 5.92 Å². The number of carbonyl (C=O) groups is 2. The van der Waals surface area contributed by atoms with Crippen LogP contribution in [0.2, 0.25) is 5.02 Å². The smallest absolute Gasteiger partial charge is 0.293 e. The molecule has 146 valence electrons. The SMILES string of the molecule is CCOc1c(Cl)cc(/C=C2/SC(=O)N(CC3CCCCC3)C2=O)cc1OC. The summed E-state index contributed by atoms with van der Waals surface area (Å²) < 4.78 is 10.9. The normalized spacial score (nSPS) is 19.8. The number of hydrogen-bond acceptors (Lipinski definition) is 5. The highest BCUT2D eigenvalue weighted by Gasteiger charge is 2.36. The Labute approximate surface area is 169 Å². The first-order valence-corrected chi connectivity index (χ1v) is 10.5. The van der Waals surface area contributed by atoms with E-state index in [4.69, 9.17) is 21.1 Å². The van der Waals surface area contributed by atoms with Gasteiger partial charge in [0.05, 0.1) is 23.6 Å². The highest BCUT2D eigenvalue weighted by molar-refractivity contribution is 8.18. The second-order valence-corrected chi connectivity index (χ2v) is 8.16. The molecular formula is C20H24ClNO4S. The Kier molecular flexibility index (Phi) is 6.71. The molecule has 0 N–H and O–H groups in total. The van der Waals surface area contributed by atoms with Crippen LogP contribution in [0.4, 0.5) is 4.79 Å². The zero-order valence-electron chi connectivity index (χ0n) is 15.6. The fourth-order valence-corrected chi connectivity index (χ4v) is 4.67. The zero-order chi connectivity index (χ0) is 19.4. The van der Waals surface area contributed by atoms with Gasteiger partial charge in [-0.1, -0.05) is 30.9 Å². The summed E-state index contributed by atoms with van der Waals surface area (Å²) in [4.78, 5) is 26.9. The van der Waals surface area contributed by atoms with Crippen LogP contribution in [-0.2, 0) is 4.79 Å². The summed E-state index contributed by atoms with van der Waals surface area (Å²) in [5.41, 5.74) is 0.698. The topological polar surface area (TPSA) is 55.8 Å². The molecule has 0 aromatic heterocycles. The quantitative estimate of drug-likeness (QED) is 0.591. The van der Waals surface area contributed by atoms with E-state index < -0.39 is 0 Å². The third kappa shape index (κ3) is 4.61. The number of rotatable bonds is 6. The van der Waals surface area contributed by atoms with E-state index in [2.05, 4.69) is 0 Å². The van der Waals surface area contributed by atoms with Crippen LogP contribution in [0.5, 0.6) is 11.5 Å². The van der Waals surface area contributed by atoms with Crippen LogP contribution in [0.25, 0.3) is 6.08 Å². The predicted molar refractivity (Wildman–Crippen MR) is 108 cm³/mol. The average Bonchev–Trinajstić information content (AvgIpc) is 2.92. The predicted octanol–water partition coefficient (Wildman–Crippen LogP) is 5.36. The molecule has 1 aliphatic heterocycles. The first kappa shape index (κ1) is 20.1. The molecule has 5 nitrogen and oxygen atoms in total. The van der Waals surface area contributed by atoms with Crippen LogP contribution in [0.15, 0.2) is 17.0 Å². The summed E-state index contributed by atoms with van der Waals surface area (Å²) in [5, 5.41) is 0.213. The molecule has 1 aromatic carbocycles. The summed E-state index contributed by atoms with van der Waals surface area (Å²) in [5.74, 6) is 1.17. The highest BCUT2D eigenvalue weighted by Crippen LogP contribution is 2.39. The van der Waals surface area contributed by atoms with Gasteiger partial charge in [0.2, 0.25) is 0 Å². The molecule has 7 heteroatoms. The maximum Gasteiger partial charge on any atom is 0.293 e. The highest BCUT2D eigenvalue weighted by atomic mass is 35.5. The fraction of sp³-hybridized carbons (Fsp3) is 0.500. The minimum absolute atomic E-state index is 0.194. The van der Waals surface area contributed by atoms with Gasteiger partial charge in [-0.2, -0.15) is 0 Å². The van der Waals surface area contributed by atoms with Crippen molar-refractivity contribution >= 4 is 40.6 Å². The van der Waals surface area contributed by atoms with Gasteiger partial charge in [-0.3, -0.25) is 14.5 Å². The molecule has 27 heavy (non-hydrogen) atoms. The van der Waals surface area contributed by atoms with E-state index in [1.54, 1.807) is 18.2 Å². The molecule has 1 aromatic rings. The summed E-state index contributed by atoms with van der Waals surface area (Å²) in [6.45, 7) is 2.86. The number of ether oxygens (including phenoxy) is 2. The lowest BCUT2D eigenvalue weighted by molar-refractivity contribution is -0.123. The number of imide groups is 1. The average molecular weight is 410 g/mol. The summed E-state index contributed by atoms with van der Waals surface area (Å²) in [6, 6.07) is 3.47. The van der Waals surface area contributed by atoms with Crippen molar-refractivity contribution in [1.29, 1.82) is 0 Å². The number of amides is 2. The maximum atomic E-state index is 12.7. The van der Waals surface area contributed by atoms with E-state index in [1.165, 1.54) is 31.3 Å². The van der Waals surface area contributed by atoms with Crippen molar-refractivity contribution in [3.8, 4) is 11.5 Å². The van der Waals surface area contributed by atoms with Gasteiger partial charge in [0.25, 0.3) is 11.1 Å². The van der Waals surface area contributed by atoms with Crippen LogP contribution < -0.4 is 9.47 Å². The number of methoxy groups -OCH3 is 1. The molecule has 3 rings (SSSR count). The summed E-state index contributed by atoms with van der Waals surface area (Å²) in [7, 11) is 1.54. The van der Waals surface area contributed by atoms with Gasteiger partial charge >= 0.3 is 0 Å². The van der Waals surface area contributed by atoms with Gasteiger partial charge in [-0.25, -0.2) is 0 Å². The van der Waals surface area contributed by atoms with Crippen molar-refractivity contribution in [1.82, 2.24) is 4.90 Å². The third-order valence-electron chi connectivity index (χ3n) is 4.88. The number of nitrogens with zero attached hydrogens (tertiary/aromatic N) is 1. The molecule has 1 saturated heterocycles. The van der Waals surface area contributed by atoms with E-state index in [1.807, 2.05) is 6.92 Å². The number of halogens is 1. The first-order valence-electron chi connectivity index (χ1n) is 9.29. The molecule has 2 amide bonds. The van der Waals surface area contributed by atoms with Crippen molar-refractivity contribution in [2.75, 3.05) is 20.3 Å². The number of carbonyl (C=O) groups excluding carboxylic acids is 2. The Hall–Kier alpha value is -1.66. The van der Waals surface area contributed by atoms with Crippen LogP contribution in [0.1, 0.15) is 44.6 Å². The maximum absolute atomic E-state index is 12.7. The van der Waals surface area contributed by atoms with Crippen LogP contribution in [0.3, 0.4) is 0 Å². The lowest BCUT2D eigenvalue weighted by Gasteiger charge is -2.25. The molecule has 0 atom stereocenters. The van der Waals surface area contributed by atoms with Crippen LogP contribution in [-0.4, -0.2) is 36.3 Å². The van der Waals surface area contributed by atoms with E-state index >= 15 is 0 Å². The summed E-state index contributed by atoms with van der Waals surface area (Å²) in [6.07, 6.45) is 7.48. The molecule has 0 unspecified atom stereocenters. The van der Waals surface area contributed by atoms with Gasteiger partial charge in [-0.15, -0.1) is 0 Å². The second kappa shape index (κ2) is 9.02. The van der Waals surface area contributed by atoms with E-state index in [9.17, 15) is 9.59 Å². The Bertz CT molecular complexity index is 759. The first-order chi connectivity index (χ1) is 13.0. The molecule has 0 radical (unpaired) electrons. The lowest BCUT2D eigenvalue weighted by atomic mass is 9.89. The van der Waals surface area contributed by atoms with Crippen molar-refractivity contribution in [3.05, 3.63) is 27.6 Å². The van der Waals surface area contributed by atoms with E-state index in [0.717, 1.165) is 24.6 Å². The Balaban J connectivity index is 1.79. The number of benzene rings is 1. The summed E-state index contributed by atoms with van der Waals surface area (Å²) >= 11 is 7.28. The Morgan fingerprint density at radius 1 is 1.26 bits per heavy atom. The van der Waals surface area contributed by atoms with Crippen molar-refractivity contribution in [2.45, 2.75) is 39.0 Å². The number of hydrogen-bond donors (Lipinski definition) is 0. The standard InChI is InChI=1S/C20H24ClNO4S/c1-3-26-18-15(21)9-14(10-16(18)25-2)11-17-19(23)22(20(24)27-17)12-13-7-5-4-6-8-13/h9-11,13H,3-8,12H2,1-2H3/b17-11+. The monoisotopic (exact) mass is 409 g/mol. The van der Waals surface area contributed by atoms with Gasteiger partial charge < -0.3 is 9.47 Å². The molecular weight excluding hydrogens is 386 g/mol. The minimum Gasteiger partial charge on any atom is -0.493 e. The lowest BCUT2D eigenvalue weighted by Crippen LogP contribution is -2.34. The van der Waals surface area contributed by atoms with E-state index in [-0.39, 0.29) is 11.1 Å². The Morgan fingerprint density at radius 2 is 2.00 bits per heavy atom. The largest absolute Gasteiger partial charge is 0.493 e. The molecule has 1 heterocycles. The van der Waals surface area contributed by atoms with Crippen molar-refractivity contribution < 1.29 is 19.1 Å². The van der Waals surface area contributed by atoms with Gasteiger partial charge in [-0.05, 0) is 61.2 Å². The van der Waals surface area contributed by atoms with Crippen molar-refractivity contribution in [3.63, 3.8) is 0 Å². The zero-order valence-corrected chi connectivity index (χ0v) is 17.2. The molecule has 1 saturated carbocycles. The molecule has 0 bridgehead atoms. The number of thioether (sulfide) groups is 1. The molecule has 2 fully saturated rings. The van der Waals surface area contributed by atoms with E-state index in [0.29, 0.717) is 46.1 Å². The van der Waals surface area contributed by atoms with Gasteiger partial charge in [0, 0.05) is 6.54 Å². The molecule has 2 aliphatic rings. The fourth-order valence-electron chi connectivity index (χ4n) is 3.54. The molecule has 1 aliphatic carbocycles. The van der Waals surface area contributed by atoms with Gasteiger partial charge in [0.1, 0.15) is 0 Å². The Morgan fingerprint density at radius 3 is 2.67 bits per heavy atom. The minimum atomic E-state index is -0.223. The van der Waals surface area contributed by atoms with Crippen molar-refractivity contribution in [2.24, 2.45) is 5.92 Å². The van der Waals surface area contributed by atoms with Crippen LogP contribution >= 0.6 is 23.4 Å². The molecule has 0 spiro atoms. The third-order valence-corrected chi connectivity index (χ3v) is 6.07. The second-order valence-electron chi connectivity index (χ2n) is 6.76.